The summed E-state index contributed by atoms with van der Waals surface area (Å²) < 4.78 is 5.60. The number of furan rings is 1. The minimum absolute atomic E-state index is 0.0636. The van der Waals surface area contributed by atoms with E-state index in [2.05, 4.69) is 20.9 Å². The first kappa shape index (κ1) is 18.2. The number of nitriles is 1. The Morgan fingerprint density at radius 3 is 2.82 bits per heavy atom. The zero-order chi connectivity index (χ0) is 19.5. The van der Waals surface area contributed by atoms with Gasteiger partial charge in [0.25, 0.3) is 0 Å². The molecule has 4 rings (SSSR count). The summed E-state index contributed by atoms with van der Waals surface area (Å²) >= 11 is 1.48. The van der Waals surface area contributed by atoms with Crippen molar-refractivity contribution < 1.29 is 9.21 Å². The van der Waals surface area contributed by atoms with Crippen molar-refractivity contribution in [1.82, 2.24) is 14.9 Å². The average molecular weight is 393 g/mol. The molecule has 0 unspecified atom stereocenters. The molecule has 3 aromatic heterocycles. The Kier molecular flexibility index (Phi) is 5.08. The normalized spacial score (nSPS) is 14.1. The van der Waals surface area contributed by atoms with Crippen LogP contribution in [0.1, 0.15) is 17.0 Å². The van der Waals surface area contributed by atoms with E-state index in [1.807, 2.05) is 29.3 Å². The predicted octanol–water partition coefficient (Wildman–Crippen LogP) is 2.87. The number of aromatic nitrogens is 2. The Bertz CT molecular complexity index is 1030. The molecule has 1 aliphatic heterocycles. The fraction of sp³-hybridized carbons (Fsp3) is 0.300. The quantitative estimate of drug-likeness (QED) is 0.677. The van der Waals surface area contributed by atoms with Gasteiger partial charge in [-0.3, -0.25) is 4.79 Å². The summed E-state index contributed by atoms with van der Waals surface area (Å²) in [6.07, 6.45) is 1.97. The largest absolute Gasteiger partial charge is 0.459 e. The molecule has 142 valence electrons. The van der Waals surface area contributed by atoms with Crippen LogP contribution in [0.3, 0.4) is 0 Å². The van der Waals surface area contributed by atoms with Gasteiger partial charge < -0.3 is 14.2 Å². The summed E-state index contributed by atoms with van der Waals surface area (Å²) in [6.45, 7) is 4.42. The summed E-state index contributed by atoms with van der Waals surface area (Å²) in [4.78, 5) is 25.4. The van der Waals surface area contributed by atoms with Crippen LogP contribution in [0.5, 0.6) is 0 Å². The van der Waals surface area contributed by atoms with E-state index < -0.39 is 0 Å². The van der Waals surface area contributed by atoms with Crippen LogP contribution in [-0.4, -0.2) is 47.0 Å². The number of thiazole rings is 1. The number of aryl methyl sites for hydroxylation is 1. The van der Waals surface area contributed by atoms with Crippen LogP contribution in [-0.2, 0) is 11.2 Å². The number of hydrogen-bond donors (Lipinski definition) is 0. The van der Waals surface area contributed by atoms with Crippen LogP contribution in [0.15, 0.2) is 40.3 Å². The third-order valence-corrected chi connectivity index (χ3v) is 5.58. The lowest BCUT2D eigenvalue weighted by atomic mass is 10.2. The first-order valence-electron chi connectivity index (χ1n) is 9.03. The van der Waals surface area contributed by atoms with Gasteiger partial charge in [-0.1, -0.05) is 0 Å². The number of amides is 1. The molecular weight excluding hydrogens is 374 g/mol. The molecule has 0 N–H and O–H groups in total. The van der Waals surface area contributed by atoms with Crippen LogP contribution >= 0.6 is 11.3 Å². The first-order valence-corrected chi connectivity index (χ1v) is 9.91. The van der Waals surface area contributed by atoms with E-state index >= 15 is 0 Å². The Morgan fingerprint density at radius 1 is 1.29 bits per heavy atom. The smallest absolute Gasteiger partial charge is 0.228 e. The number of nitrogens with zero attached hydrogens (tertiary/aromatic N) is 5. The predicted molar refractivity (Wildman–Crippen MR) is 106 cm³/mol. The first-order chi connectivity index (χ1) is 13.6. The summed E-state index contributed by atoms with van der Waals surface area (Å²) in [7, 11) is 0. The van der Waals surface area contributed by atoms with Gasteiger partial charge in [0.15, 0.2) is 10.8 Å². The highest BCUT2D eigenvalue weighted by atomic mass is 32.1. The highest BCUT2D eigenvalue weighted by molar-refractivity contribution is 7.13. The van der Waals surface area contributed by atoms with Crippen LogP contribution in [0.2, 0.25) is 0 Å². The number of hydrogen-bond acceptors (Lipinski definition) is 7. The van der Waals surface area contributed by atoms with Crippen molar-refractivity contribution in [3.8, 4) is 16.8 Å². The number of rotatable bonds is 4. The van der Waals surface area contributed by atoms with Crippen LogP contribution in [0.25, 0.3) is 10.8 Å². The van der Waals surface area contributed by atoms with E-state index in [9.17, 15) is 10.1 Å². The van der Waals surface area contributed by atoms with Gasteiger partial charge >= 0.3 is 0 Å². The third kappa shape index (κ3) is 3.75. The van der Waals surface area contributed by atoms with Crippen molar-refractivity contribution >= 4 is 23.1 Å². The van der Waals surface area contributed by atoms with Gasteiger partial charge in [0, 0.05) is 37.8 Å². The highest BCUT2D eigenvalue weighted by Crippen LogP contribution is 2.26. The lowest BCUT2D eigenvalue weighted by Crippen LogP contribution is -2.49. The van der Waals surface area contributed by atoms with Crippen molar-refractivity contribution in [2.24, 2.45) is 0 Å². The molecule has 0 spiro atoms. The molecular formula is C20H19N5O2S. The molecule has 3 aromatic rings. The summed E-state index contributed by atoms with van der Waals surface area (Å²) in [5.74, 6) is 2.33. The Morgan fingerprint density at radius 2 is 2.11 bits per heavy atom. The standard InChI is InChI=1S/C20H19N5O2S/c1-14-4-5-17(27-14)20-23-16(13-28-20)11-18(26)24-7-9-25(10-8-24)19-15(12-21)3-2-6-22-19/h2-6,13H,7-11H2,1H3. The topological polar surface area (TPSA) is 86.3 Å². The molecule has 1 fully saturated rings. The van der Waals surface area contributed by atoms with Crippen molar-refractivity contribution in [2.45, 2.75) is 13.3 Å². The Labute approximate surface area is 166 Å². The molecule has 4 heterocycles. The minimum atomic E-state index is 0.0636. The molecule has 28 heavy (non-hydrogen) atoms. The number of pyridine rings is 1. The zero-order valence-electron chi connectivity index (χ0n) is 15.5. The van der Waals surface area contributed by atoms with Gasteiger partial charge in [0.1, 0.15) is 17.6 Å². The molecule has 1 amide bonds. The van der Waals surface area contributed by atoms with E-state index in [0.717, 1.165) is 22.2 Å². The van der Waals surface area contributed by atoms with Crippen LogP contribution < -0.4 is 4.90 Å². The molecule has 0 bridgehead atoms. The average Bonchev–Trinajstić information content (AvgIpc) is 3.37. The van der Waals surface area contributed by atoms with Crippen molar-refractivity contribution in [3.63, 3.8) is 0 Å². The molecule has 1 saturated heterocycles. The van der Waals surface area contributed by atoms with Gasteiger partial charge in [0.2, 0.25) is 5.91 Å². The minimum Gasteiger partial charge on any atom is -0.459 e. The highest BCUT2D eigenvalue weighted by Gasteiger charge is 2.24. The zero-order valence-corrected chi connectivity index (χ0v) is 16.3. The van der Waals surface area contributed by atoms with Gasteiger partial charge in [-0.25, -0.2) is 9.97 Å². The number of carbonyl (C=O) groups excluding carboxylic acids is 1. The second-order valence-electron chi connectivity index (χ2n) is 6.59. The van der Waals surface area contributed by atoms with Gasteiger partial charge in [0.05, 0.1) is 17.7 Å². The van der Waals surface area contributed by atoms with Gasteiger partial charge in [-0.05, 0) is 31.2 Å². The summed E-state index contributed by atoms with van der Waals surface area (Å²) in [5, 5.41) is 11.9. The van der Waals surface area contributed by atoms with E-state index in [1.165, 1.54) is 11.3 Å². The maximum Gasteiger partial charge on any atom is 0.228 e. The monoisotopic (exact) mass is 393 g/mol. The molecule has 1 aliphatic rings. The lowest BCUT2D eigenvalue weighted by molar-refractivity contribution is -0.130. The summed E-state index contributed by atoms with van der Waals surface area (Å²) in [6, 6.07) is 9.50. The molecule has 0 aromatic carbocycles. The van der Waals surface area contributed by atoms with Crippen molar-refractivity contribution in [2.75, 3.05) is 31.1 Å². The Balaban J connectivity index is 1.36. The number of anilines is 1. The molecule has 7 nitrogen and oxygen atoms in total. The fourth-order valence-corrected chi connectivity index (χ4v) is 4.00. The third-order valence-electron chi connectivity index (χ3n) is 4.67. The number of carbonyl (C=O) groups is 1. The SMILES string of the molecule is Cc1ccc(-c2nc(CC(=O)N3CCN(c4ncccc4C#N)CC3)cs2)o1. The van der Waals surface area contributed by atoms with E-state index in [4.69, 9.17) is 4.42 Å². The second kappa shape index (κ2) is 7.82. The molecule has 0 aliphatic carbocycles. The number of piperazine rings is 1. The lowest BCUT2D eigenvalue weighted by Gasteiger charge is -2.35. The molecule has 0 radical (unpaired) electrons. The van der Waals surface area contributed by atoms with Crippen molar-refractivity contribution in [1.29, 1.82) is 5.26 Å². The van der Waals surface area contributed by atoms with E-state index in [0.29, 0.717) is 37.6 Å². The van der Waals surface area contributed by atoms with Crippen LogP contribution in [0, 0.1) is 18.3 Å². The summed E-state index contributed by atoms with van der Waals surface area (Å²) in [5.41, 5.74) is 1.32. The maximum absolute atomic E-state index is 12.7. The van der Waals surface area contributed by atoms with Crippen LogP contribution in [0.4, 0.5) is 5.82 Å². The molecule has 0 saturated carbocycles. The van der Waals surface area contributed by atoms with Gasteiger partial charge in [-0.15, -0.1) is 11.3 Å². The van der Waals surface area contributed by atoms with Gasteiger partial charge in [-0.2, -0.15) is 5.26 Å². The Hall–Kier alpha value is -3.18. The van der Waals surface area contributed by atoms with E-state index in [-0.39, 0.29) is 12.3 Å². The molecule has 0 atom stereocenters. The fourth-order valence-electron chi connectivity index (χ4n) is 3.22. The maximum atomic E-state index is 12.7. The molecule has 8 heteroatoms. The van der Waals surface area contributed by atoms with E-state index in [1.54, 1.807) is 18.3 Å². The second-order valence-corrected chi connectivity index (χ2v) is 7.44. The van der Waals surface area contributed by atoms with Crippen molar-refractivity contribution in [3.05, 3.63) is 52.9 Å².